The number of aliphatic hydroxyl groups is 1. The van der Waals surface area contributed by atoms with E-state index < -0.39 is 11.9 Å². The SMILES string of the molecule is CC(O)CC(C)(C)CNC(=O)c1cc2cccc(F)c2o1. The maximum Gasteiger partial charge on any atom is 0.287 e. The molecule has 0 spiro atoms. The fraction of sp³-hybridized carbons (Fsp3) is 0.438. The lowest BCUT2D eigenvalue weighted by Gasteiger charge is -2.26. The lowest BCUT2D eigenvalue weighted by molar-refractivity contribution is 0.0878. The van der Waals surface area contributed by atoms with E-state index >= 15 is 0 Å². The third-order valence-electron chi connectivity index (χ3n) is 3.30. The number of hydrogen-bond donors (Lipinski definition) is 2. The van der Waals surface area contributed by atoms with Gasteiger partial charge in [-0.15, -0.1) is 0 Å². The van der Waals surface area contributed by atoms with Gasteiger partial charge in [0.1, 0.15) is 0 Å². The molecule has 0 aliphatic rings. The minimum Gasteiger partial charge on any atom is -0.448 e. The van der Waals surface area contributed by atoms with Gasteiger partial charge in [-0.3, -0.25) is 4.79 Å². The lowest BCUT2D eigenvalue weighted by Crippen LogP contribution is -2.35. The van der Waals surface area contributed by atoms with Crippen LogP contribution in [0, 0.1) is 11.2 Å². The van der Waals surface area contributed by atoms with Crippen molar-refractivity contribution in [1.29, 1.82) is 0 Å². The summed E-state index contributed by atoms with van der Waals surface area (Å²) < 4.78 is 18.8. The summed E-state index contributed by atoms with van der Waals surface area (Å²) in [6, 6.07) is 6.07. The number of rotatable bonds is 5. The number of carbonyl (C=O) groups excluding carboxylic acids is 1. The Hall–Kier alpha value is -1.88. The molecule has 1 unspecified atom stereocenters. The average molecular weight is 293 g/mol. The van der Waals surface area contributed by atoms with Crippen LogP contribution in [0.1, 0.15) is 37.7 Å². The van der Waals surface area contributed by atoms with Crippen molar-refractivity contribution in [2.75, 3.05) is 6.54 Å². The number of hydrogen-bond acceptors (Lipinski definition) is 3. The van der Waals surface area contributed by atoms with Crippen LogP contribution in [0.15, 0.2) is 28.7 Å². The van der Waals surface area contributed by atoms with Crippen LogP contribution >= 0.6 is 0 Å². The molecule has 5 heteroatoms. The van der Waals surface area contributed by atoms with Crippen molar-refractivity contribution in [1.82, 2.24) is 5.32 Å². The van der Waals surface area contributed by atoms with Gasteiger partial charge in [0.2, 0.25) is 0 Å². The number of benzene rings is 1. The molecule has 1 aromatic carbocycles. The zero-order valence-corrected chi connectivity index (χ0v) is 12.4. The molecule has 0 aliphatic heterocycles. The molecule has 4 nitrogen and oxygen atoms in total. The molecule has 0 radical (unpaired) electrons. The maximum atomic E-state index is 13.5. The molecule has 2 N–H and O–H groups in total. The van der Waals surface area contributed by atoms with Crippen LogP contribution in [0.4, 0.5) is 4.39 Å². The van der Waals surface area contributed by atoms with Crippen LogP contribution in [0.2, 0.25) is 0 Å². The molecular weight excluding hydrogens is 273 g/mol. The van der Waals surface area contributed by atoms with Gasteiger partial charge in [-0.05, 0) is 30.9 Å². The largest absolute Gasteiger partial charge is 0.448 e. The first-order valence-electron chi connectivity index (χ1n) is 6.93. The van der Waals surface area contributed by atoms with Crippen LogP contribution in [-0.2, 0) is 0 Å². The van der Waals surface area contributed by atoms with Crippen molar-refractivity contribution in [3.05, 3.63) is 35.8 Å². The summed E-state index contributed by atoms with van der Waals surface area (Å²) >= 11 is 0. The monoisotopic (exact) mass is 293 g/mol. The van der Waals surface area contributed by atoms with Gasteiger partial charge in [0.15, 0.2) is 17.2 Å². The predicted molar refractivity (Wildman–Crippen MR) is 78.6 cm³/mol. The molecule has 1 aromatic heterocycles. The van der Waals surface area contributed by atoms with E-state index in [9.17, 15) is 14.3 Å². The van der Waals surface area contributed by atoms with Crippen LogP contribution in [0.5, 0.6) is 0 Å². The third kappa shape index (κ3) is 3.82. The second kappa shape index (κ2) is 5.85. The molecule has 0 saturated carbocycles. The number of fused-ring (bicyclic) bond motifs is 1. The van der Waals surface area contributed by atoms with Crippen molar-refractivity contribution in [2.24, 2.45) is 5.41 Å². The molecule has 21 heavy (non-hydrogen) atoms. The van der Waals surface area contributed by atoms with Crippen molar-refractivity contribution < 1.29 is 18.7 Å². The number of amides is 1. The zero-order chi connectivity index (χ0) is 15.6. The van der Waals surface area contributed by atoms with Gasteiger partial charge in [-0.25, -0.2) is 4.39 Å². The molecule has 114 valence electrons. The van der Waals surface area contributed by atoms with Crippen molar-refractivity contribution in [2.45, 2.75) is 33.3 Å². The van der Waals surface area contributed by atoms with E-state index in [1.165, 1.54) is 12.1 Å². The Morgan fingerprint density at radius 2 is 2.19 bits per heavy atom. The Morgan fingerprint density at radius 1 is 1.48 bits per heavy atom. The van der Waals surface area contributed by atoms with Crippen molar-refractivity contribution in [3.63, 3.8) is 0 Å². The molecule has 2 aromatic rings. The fourth-order valence-corrected chi connectivity index (χ4v) is 2.42. The Labute approximate surface area is 122 Å². The smallest absolute Gasteiger partial charge is 0.287 e. The van der Waals surface area contributed by atoms with E-state index in [1.807, 2.05) is 13.8 Å². The number of nitrogens with one attached hydrogen (secondary N) is 1. The minimum atomic E-state index is -0.485. The summed E-state index contributed by atoms with van der Waals surface area (Å²) in [5, 5.41) is 12.7. The number of aliphatic hydroxyl groups excluding tert-OH is 1. The van der Waals surface area contributed by atoms with E-state index in [0.29, 0.717) is 18.4 Å². The van der Waals surface area contributed by atoms with Crippen LogP contribution in [0.25, 0.3) is 11.0 Å². The number of halogens is 1. The first-order valence-corrected chi connectivity index (χ1v) is 6.93. The molecular formula is C16H20FNO3. The van der Waals surface area contributed by atoms with E-state index in [2.05, 4.69) is 5.32 Å². The summed E-state index contributed by atoms with van der Waals surface area (Å²) in [6.45, 7) is 6.03. The highest BCUT2D eigenvalue weighted by atomic mass is 19.1. The fourth-order valence-electron chi connectivity index (χ4n) is 2.42. The molecule has 1 heterocycles. The summed E-state index contributed by atoms with van der Waals surface area (Å²) in [6.07, 6.45) is 0.138. The van der Waals surface area contributed by atoms with Crippen molar-refractivity contribution in [3.8, 4) is 0 Å². The van der Waals surface area contributed by atoms with E-state index in [-0.39, 0.29) is 22.7 Å². The number of para-hydroxylation sites is 1. The number of furan rings is 1. The minimum absolute atomic E-state index is 0.0861. The highest BCUT2D eigenvalue weighted by Gasteiger charge is 2.22. The van der Waals surface area contributed by atoms with Crippen LogP contribution in [-0.4, -0.2) is 23.7 Å². The lowest BCUT2D eigenvalue weighted by atomic mass is 9.87. The Bertz CT molecular complexity index is 646. The van der Waals surface area contributed by atoms with Gasteiger partial charge >= 0.3 is 0 Å². The molecule has 2 rings (SSSR count). The van der Waals surface area contributed by atoms with E-state index in [1.54, 1.807) is 19.1 Å². The first-order chi connectivity index (χ1) is 9.78. The van der Waals surface area contributed by atoms with Gasteiger partial charge in [0.05, 0.1) is 6.10 Å². The quantitative estimate of drug-likeness (QED) is 0.890. The first kappa shape index (κ1) is 15.5. The maximum absolute atomic E-state index is 13.5. The third-order valence-corrected chi connectivity index (χ3v) is 3.30. The van der Waals surface area contributed by atoms with Gasteiger partial charge < -0.3 is 14.8 Å². The van der Waals surface area contributed by atoms with Gasteiger partial charge in [0, 0.05) is 11.9 Å². The van der Waals surface area contributed by atoms with Gasteiger partial charge in [-0.2, -0.15) is 0 Å². The van der Waals surface area contributed by atoms with Crippen molar-refractivity contribution >= 4 is 16.9 Å². The van der Waals surface area contributed by atoms with E-state index in [4.69, 9.17) is 4.42 Å². The van der Waals surface area contributed by atoms with Crippen LogP contribution in [0.3, 0.4) is 0 Å². The van der Waals surface area contributed by atoms with Gasteiger partial charge in [0.25, 0.3) is 5.91 Å². The molecule has 1 amide bonds. The van der Waals surface area contributed by atoms with Crippen LogP contribution < -0.4 is 5.32 Å². The van der Waals surface area contributed by atoms with E-state index in [0.717, 1.165) is 0 Å². The summed E-state index contributed by atoms with van der Waals surface area (Å²) in [7, 11) is 0. The molecule has 0 aliphatic carbocycles. The second-order valence-electron chi connectivity index (χ2n) is 6.17. The summed E-state index contributed by atoms with van der Waals surface area (Å²) in [4.78, 5) is 12.1. The molecule has 0 bridgehead atoms. The molecule has 0 saturated heterocycles. The Balaban J connectivity index is 2.07. The average Bonchev–Trinajstić information content (AvgIpc) is 2.80. The highest BCUT2D eigenvalue weighted by Crippen LogP contribution is 2.23. The normalized spacial score (nSPS) is 13.4. The Morgan fingerprint density at radius 3 is 2.81 bits per heavy atom. The predicted octanol–water partition coefficient (Wildman–Crippen LogP) is 3.10. The molecule has 0 fully saturated rings. The summed E-state index contributed by atoms with van der Waals surface area (Å²) in [5.41, 5.74) is -0.146. The van der Waals surface area contributed by atoms with Gasteiger partial charge in [-0.1, -0.05) is 26.0 Å². The second-order valence-corrected chi connectivity index (χ2v) is 6.17. The standard InChI is InChI=1S/C16H20FNO3/c1-10(19)8-16(2,3)9-18-15(20)13-7-11-5-4-6-12(17)14(11)21-13/h4-7,10,19H,8-9H2,1-3H3,(H,18,20). The number of carbonyl (C=O) groups is 1. The zero-order valence-electron chi connectivity index (χ0n) is 12.4. The topological polar surface area (TPSA) is 62.5 Å². The summed E-state index contributed by atoms with van der Waals surface area (Å²) in [5.74, 6) is -0.784. The highest BCUT2D eigenvalue weighted by molar-refractivity contribution is 5.96. The molecule has 1 atom stereocenters. The Kier molecular flexibility index (Phi) is 4.32.